The zero-order chi connectivity index (χ0) is 25.4. The second-order valence-corrected chi connectivity index (χ2v) is 9.00. The average Bonchev–Trinajstić information content (AvgIpc) is 3.36. The summed E-state index contributed by atoms with van der Waals surface area (Å²) in [6.07, 6.45) is 5.04. The van der Waals surface area contributed by atoms with Gasteiger partial charge in [-0.25, -0.2) is 9.07 Å². The summed E-state index contributed by atoms with van der Waals surface area (Å²) in [5.74, 6) is 0.290. The smallest absolute Gasteiger partial charge is 0.281 e. The van der Waals surface area contributed by atoms with E-state index in [1.54, 1.807) is 49.6 Å². The number of hydrogen-bond acceptors (Lipinski definition) is 8. The number of pyridine rings is 1. The number of carbonyl (C=O) groups is 1. The highest BCUT2D eigenvalue weighted by atomic mass is 19.1. The lowest BCUT2D eigenvalue weighted by molar-refractivity contribution is -0.120. The van der Waals surface area contributed by atoms with Gasteiger partial charge in [0.25, 0.3) is 5.89 Å². The molecule has 1 fully saturated rings. The highest BCUT2D eigenvalue weighted by Gasteiger charge is 2.46. The number of Topliss-reactive ketones (excluding diaryl/α,β-unsaturated/α-hetero) is 1. The van der Waals surface area contributed by atoms with Gasteiger partial charge < -0.3 is 9.84 Å². The van der Waals surface area contributed by atoms with Gasteiger partial charge in [-0.1, -0.05) is 46.8 Å². The van der Waals surface area contributed by atoms with Crippen LogP contribution in [0, 0.1) is 5.82 Å². The molecule has 0 atom stereocenters. The second kappa shape index (κ2) is 9.14. The van der Waals surface area contributed by atoms with E-state index in [1.165, 1.54) is 10.7 Å². The molecule has 3 heterocycles. The van der Waals surface area contributed by atoms with Gasteiger partial charge in [0.05, 0.1) is 5.54 Å². The first-order valence-corrected chi connectivity index (χ1v) is 11.8. The number of rotatable bonds is 8. The first kappa shape index (κ1) is 22.9. The molecule has 5 aromatic rings. The summed E-state index contributed by atoms with van der Waals surface area (Å²) in [7, 11) is 0. The first-order chi connectivity index (χ1) is 18.0. The van der Waals surface area contributed by atoms with E-state index >= 15 is 0 Å². The Morgan fingerprint density at radius 1 is 1.05 bits per heavy atom. The van der Waals surface area contributed by atoms with Crippen LogP contribution < -0.4 is 5.32 Å². The Morgan fingerprint density at radius 3 is 2.51 bits per heavy atom. The molecule has 0 radical (unpaired) electrons. The van der Waals surface area contributed by atoms with Crippen LogP contribution in [-0.2, 0) is 11.3 Å². The summed E-state index contributed by atoms with van der Waals surface area (Å²) >= 11 is 0. The maximum absolute atomic E-state index is 14.6. The van der Waals surface area contributed by atoms with Gasteiger partial charge in [-0.15, -0.1) is 5.10 Å². The molecule has 0 unspecified atom stereocenters. The molecular formula is C27H22FN7O2. The van der Waals surface area contributed by atoms with E-state index in [2.05, 4.69) is 30.8 Å². The highest BCUT2D eigenvalue weighted by Crippen LogP contribution is 2.36. The van der Waals surface area contributed by atoms with E-state index in [9.17, 15) is 9.18 Å². The summed E-state index contributed by atoms with van der Waals surface area (Å²) in [5.41, 5.74) is 3.25. The maximum Gasteiger partial charge on any atom is 0.281 e. The van der Waals surface area contributed by atoms with Crippen molar-refractivity contribution in [3.05, 3.63) is 84.4 Å². The number of para-hydroxylation sites is 1. The van der Waals surface area contributed by atoms with Crippen molar-refractivity contribution in [2.75, 3.05) is 0 Å². The van der Waals surface area contributed by atoms with Crippen molar-refractivity contribution in [1.82, 2.24) is 35.4 Å². The van der Waals surface area contributed by atoms with Crippen LogP contribution in [0.5, 0.6) is 0 Å². The van der Waals surface area contributed by atoms with Gasteiger partial charge in [-0.05, 0) is 49.6 Å². The van der Waals surface area contributed by atoms with Gasteiger partial charge in [0, 0.05) is 30.1 Å². The normalized spacial score (nSPS) is 14.0. The third-order valence-electron chi connectivity index (χ3n) is 6.60. The molecule has 184 valence electrons. The molecule has 10 heteroatoms. The van der Waals surface area contributed by atoms with Gasteiger partial charge in [0.15, 0.2) is 5.69 Å². The number of hydrogen-bond donors (Lipinski definition) is 1. The summed E-state index contributed by atoms with van der Waals surface area (Å²) in [6.45, 7) is 2.23. The Balaban J connectivity index is 1.30. The van der Waals surface area contributed by atoms with Crippen molar-refractivity contribution >= 4 is 5.78 Å². The standard InChI is InChI=1S/C27H22FN7O2/c1-17(36)27(12-13-27)30-16-18-6-8-20(9-7-18)25-31-26(37-33-25)23-24(19-10-14-29-15-11-19)35(34-32-23)22-5-3-2-4-21(22)28/h2-11,14-15,30H,12-13,16H2,1H3. The van der Waals surface area contributed by atoms with Crippen LogP contribution in [0.25, 0.3) is 39.9 Å². The molecule has 6 rings (SSSR count). The lowest BCUT2D eigenvalue weighted by Gasteiger charge is -2.13. The van der Waals surface area contributed by atoms with Crippen LogP contribution >= 0.6 is 0 Å². The topological polar surface area (TPSA) is 112 Å². The molecule has 9 nitrogen and oxygen atoms in total. The van der Waals surface area contributed by atoms with Crippen LogP contribution in [0.15, 0.2) is 77.6 Å². The van der Waals surface area contributed by atoms with Crippen molar-refractivity contribution in [1.29, 1.82) is 0 Å². The van der Waals surface area contributed by atoms with Crippen molar-refractivity contribution in [3.63, 3.8) is 0 Å². The predicted molar refractivity (Wildman–Crippen MR) is 133 cm³/mol. The summed E-state index contributed by atoms with van der Waals surface area (Å²) in [6, 6.07) is 17.6. The predicted octanol–water partition coefficient (Wildman–Crippen LogP) is 4.40. The molecule has 0 bridgehead atoms. The van der Waals surface area contributed by atoms with E-state index in [0.29, 0.717) is 29.3 Å². The van der Waals surface area contributed by atoms with Gasteiger partial charge in [-0.2, -0.15) is 4.98 Å². The van der Waals surface area contributed by atoms with Crippen LogP contribution in [-0.4, -0.2) is 41.4 Å². The zero-order valence-corrected chi connectivity index (χ0v) is 19.9. The van der Waals surface area contributed by atoms with E-state index in [0.717, 1.165) is 24.0 Å². The summed E-state index contributed by atoms with van der Waals surface area (Å²) in [5, 5.41) is 16.0. The van der Waals surface area contributed by atoms with Crippen LogP contribution in [0.4, 0.5) is 4.39 Å². The fraction of sp³-hybridized carbons (Fsp3) is 0.185. The Labute approximate surface area is 211 Å². The first-order valence-electron chi connectivity index (χ1n) is 11.8. The van der Waals surface area contributed by atoms with Gasteiger partial charge in [-0.3, -0.25) is 9.78 Å². The third kappa shape index (κ3) is 4.31. The molecule has 3 aromatic heterocycles. The summed E-state index contributed by atoms with van der Waals surface area (Å²) < 4.78 is 21.6. The van der Waals surface area contributed by atoms with Gasteiger partial charge in [0.2, 0.25) is 5.82 Å². The Morgan fingerprint density at radius 2 is 1.81 bits per heavy atom. The minimum Gasteiger partial charge on any atom is -0.332 e. The molecule has 0 amide bonds. The van der Waals surface area contributed by atoms with Crippen molar-refractivity contribution in [2.45, 2.75) is 31.8 Å². The molecule has 1 aliphatic carbocycles. The van der Waals surface area contributed by atoms with E-state index in [1.807, 2.05) is 24.3 Å². The maximum atomic E-state index is 14.6. The Kier molecular flexibility index (Phi) is 5.65. The van der Waals surface area contributed by atoms with Crippen LogP contribution in [0.1, 0.15) is 25.3 Å². The second-order valence-electron chi connectivity index (χ2n) is 9.00. The van der Waals surface area contributed by atoms with E-state index in [-0.39, 0.29) is 22.9 Å². The number of benzene rings is 2. The average molecular weight is 496 g/mol. The summed E-state index contributed by atoms with van der Waals surface area (Å²) in [4.78, 5) is 20.4. The zero-order valence-electron chi connectivity index (χ0n) is 19.9. The molecule has 0 spiro atoms. The number of ketones is 1. The fourth-order valence-corrected chi connectivity index (χ4v) is 4.24. The minimum atomic E-state index is -0.439. The largest absolute Gasteiger partial charge is 0.332 e. The molecule has 1 aliphatic rings. The SMILES string of the molecule is CC(=O)C1(NCc2ccc(-c3noc(-c4nnn(-c5ccccc5F)c4-c4ccncc4)n3)cc2)CC1. The number of halogens is 1. The monoisotopic (exact) mass is 495 g/mol. The van der Waals surface area contributed by atoms with Gasteiger partial charge >= 0.3 is 0 Å². The van der Waals surface area contributed by atoms with Crippen LogP contribution in [0.3, 0.4) is 0 Å². The molecule has 1 saturated carbocycles. The number of nitrogens with zero attached hydrogens (tertiary/aromatic N) is 6. The molecule has 0 saturated heterocycles. The van der Waals surface area contributed by atoms with Crippen LogP contribution in [0.2, 0.25) is 0 Å². The molecular weight excluding hydrogens is 473 g/mol. The minimum absolute atomic E-state index is 0.160. The van der Waals surface area contributed by atoms with E-state index in [4.69, 9.17) is 4.52 Å². The fourth-order valence-electron chi connectivity index (χ4n) is 4.24. The lowest BCUT2D eigenvalue weighted by atomic mass is 10.1. The highest BCUT2D eigenvalue weighted by molar-refractivity contribution is 5.89. The van der Waals surface area contributed by atoms with Crippen molar-refractivity contribution in [3.8, 4) is 39.9 Å². The molecule has 37 heavy (non-hydrogen) atoms. The van der Waals surface area contributed by atoms with E-state index < -0.39 is 5.82 Å². The third-order valence-corrected chi connectivity index (χ3v) is 6.60. The molecule has 0 aliphatic heterocycles. The number of nitrogens with one attached hydrogen (secondary N) is 1. The molecule has 1 N–H and O–H groups in total. The van der Waals surface area contributed by atoms with Gasteiger partial charge in [0.1, 0.15) is 23.0 Å². The number of aromatic nitrogens is 6. The quantitative estimate of drug-likeness (QED) is 0.337. The van der Waals surface area contributed by atoms with Crippen molar-refractivity contribution < 1.29 is 13.7 Å². The van der Waals surface area contributed by atoms with Crippen molar-refractivity contribution in [2.24, 2.45) is 0 Å². The Bertz CT molecular complexity index is 1570. The molecule has 2 aromatic carbocycles. The Hall–Kier alpha value is -4.57. The number of carbonyl (C=O) groups excluding carboxylic acids is 1. The lowest BCUT2D eigenvalue weighted by Crippen LogP contribution is -2.37.